The molecule has 0 fully saturated rings. The SMILES string of the molecule is CCCCC(CC)CC1C=C(c2nc(-c3ccc(O)c(C)c3O)nc(-c3ccc(O)c(C)c3O)n2)c2cc(OC)ccc21. The van der Waals surface area contributed by atoms with Crippen molar-refractivity contribution in [2.45, 2.75) is 65.7 Å². The van der Waals surface area contributed by atoms with Crippen molar-refractivity contribution < 1.29 is 25.2 Å². The maximum Gasteiger partial charge on any atom is 0.167 e. The number of phenols is 4. The van der Waals surface area contributed by atoms with Gasteiger partial charge in [-0.05, 0) is 73.7 Å². The van der Waals surface area contributed by atoms with E-state index in [1.54, 1.807) is 33.1 Å². The average molecular weight is 582 g/mol. The van der Waals surface area contributed by atoms with Gasteiger partial charge in [0.1, 0.15) is 28.7 Å². The Labute approximate surface area is 252 Å². The summed E-state index contributed by atoms with van der Waals surface area (Å²) in [5.41, 5.74) is 4.22. The van der Waals surface area contributed by atoms with Crippen molar-refractivity contribution in [1.29, 1.82) is 0 Å². The number of hydrogen-bond acceptors (Lipinski definition) is 8. The molecule has 2 unspecified atom stereocenters. The summed E-state index contributed by atoms with van der Waals surface area (Å²) in [5, 5.41) is 42.3. The standard InChI is InChI=1S/C35H39N3O5/c1-6-8-9-21(7-2)16-22-17-28(27-18-23(43-5)10-11-24(22)27)35-37-33(25-12-14-29(39)19(3)31(25)41)36-34(38-35)26-13-15-30(40)20(4)32(26)42/h10-15,17-18,21-22,39-42H,6-9,16H2,1-5H3. The summed E-state index contributed by atoms with van der Waals surface area (Å²) < 4.78 is 5.59. The van der Waals surface area contributed by atoms with E-state index in [1.165, 1.54) is 37.0 Å². The maximum absolute atomic E-state index is 11.0. The Morgan fingerprint density at radius 1 is 0.767 bits per heavy atom. The Bertz CT molecular complexity index is 1620. The first-order valence-corrected chi connectivity index (χ1v) is 14.9. The third-order valence-corrected chi connectivity index (χ3v) is 8.61. The van der Waals surface area contributed by atoms with Gasteiger partial charge in [0.05, 0.1) is 18.2 Å². The number of benzene rings is 3. The quantitative estimate of drug-likeness (QED) is 0.149. The van der Waals surface area contributed by atoms with Crippen molar-refractivity contribution >= 4 is 5.57 Å². The molecule has 1 aliphatic carbocycles. The van der Waals surface area contributed by atoms with Gasteiger partial charge in [0, 0.05) is 22.6 Å². The predicted molar refractivity (Wildman–Crippen MR) is 168 cm³/mol. The molecule has 2 atom stereocenters. The second-order valence-corrected chi connectivity index (χ2v) is 11.3. The summed E-state index contributed by atoms with van der Waals surface area (Å²) in [6.45, 7) is 7.69. The molecule has 4 N–H and O–H groups in total. The molecule has 0 radical (unpaired) electrons. The van der Waals surface area contributed by atoms with E-state index in [4.69, 9.17) is 14.7 Å². The molecular weight excluding hydrogens is 542 g/mol. The normalized spacial score (nSPS) is 14.8. The van der Waals surface area contributed by atoms with E-state index < -0.39 is 0 Å². The lowest BCUT2D eigenvalue weighted by Gasteiger charge is -2.19. The van der Waals surface area contributed by atoms with Crippen LogP contribution in [0.4, 0.5) is 0 Å². The van der Waals surface area contributed by atoms with Crippen LogP contribution >= 0.6 is 0 Å². The number of aromatic hydroxyl groups is 4. The lowest BCUT2D eigenvalue weighted by molar-refractivity contribution is 0.405. The molecule has 0 spiro atoms. The summed E-state index contributed by atoms with van der Waals surface area (Å²) in [6, 6.07) is 12.2. The number of hydrogen-bond donors (Lipinski definition) is 4. The monoisotopic (exact) mass is 581 g/mol. The van der Waals surface area contributed by atoms with Gasteiger partial charge < -0.3 is 25.2 Å². The highest BCUT2D eigenvalue weighted by Gasteiger charge is 2.30. The third-order valence-electron chi connectivity index (χ3n) is 8.61. The highest BCUT2D eigenvalue weighted by atomic mass is 16.5. The van der Waals surface area contributed by atoms with Gasteiger partial charge in [-0.25, -0.2) is 15.0 Å². The van der Waals surface area contributed by atoms with Crippen molar-refractivity contribution in [1.82, 2.24) is 15.0 Å². The predicted octanol–water partition coefficient (Wildman–Crippen LogP) is 7.79. The van der Waals surface area contributed by atoms with Crippen molar-refractivity contribution in [3.63, 3.8) is 0 Å². The smallest absolute Gasteiger partial charge is 0.167 e. The van der Waals surface area contributed by atoms with Crippen molar-refractivity contribution in [3.05, 3.63) is 76.6 Å². The molecule has 8 heteroatoms. The van der Waals surface area contributed by atoms with Crippen LogP contribution in [-0.4, -0.2) is 42.5 Å². The van der Waals surface area contributed by atoms with Crippen LogP contribution in [0.5, 0.6) is 28.7 Å². The third kappa shape index (κ3) is 5.74. The van der Waals surface area contributed by atoms with Gasteiger partial charge in [0.2, 0.25) is 0 Å². The average Bonchev–Trinajstić information content (AvgIpc) is 3.37. The number of fused-ring (bicyclic) bond motifs is 1. The molecule has 0 saturated carbocycles. The van der Waals surface area contributed by atoms with Gasteiger partial charge in [-0.15, -0.1) is 0 Å². The van der Waals surface area contributed by atoms with Crippen LogP contribution in [0.2, 0.25) is 0 Å². The van der Waals surface area contributed by atoms with Crippen LogP contribution in [0.15, 0.2) is 48.5 Å². The summed E-state index contributed by atoms with van der Waals surface area (Å²) in [4.78, 5) is 14.3. The molecule has 43 heavy (non-hydrogen) atoms. The molecule has 8 nitrogen and oxygen atoms in total. The minimum Gasteiger partial charge on any atom is -0.508 e. The largest absolute Gasteiger partial charge is 0.508 e. The molecule has 1 heterocycles. The molecule has 0 amide bonds. The van der Waals surface area contributed by atoms with Gasteiger partial charge in [-0.2, -0.15) is 0 Å². The molecule has 1 aliphatic rings. The van der Waals surface area contributed by atoms with Gasteiger partial charge >= 0.3 is 0 Å². The zero-order valence-corrected chi connectivity index (χ0v) is 25.3. The first kappa shape index (κ1) is 29.9. The van der Waals surface area contributed by atoms with Gasteiger partial charge in [-0.1, -0.05) is 51.7 Å². The first-order valence-electron chi connectivity index (χ1n) is 14.9. The van der Waals surface area contributed by atoms with E-state index in [2.05, 4.69) is 31.0 Å². The summed E-state index contributed by atoms with van der Waals surface area (Å²) in [6.07, 6.45) is 7.86. The number of ether oxygens (including phenoxy) is 1. The van der Waals surface area contributed by atoms with Crippen molar-refractivity contribution in [2.24, 2.45) is 5.92 Å². The Morgan fingerprint density at radius 2 is 1.35 bits per heavy atom. The highest BCUT2D eigenvalue weighted by Crippen LogP contribution is 2.45. The molecule has 0 saturated heterocycles. The van der Waals surface area contributed by atoms with E-state index in [0.717, 1.165) is 29.7 Å². The highest BCUT2D eigenvalue weighted by molar-refractivity contribution is 5.85. The van der Waals surface area contributed by atoms with Crippen molar-refractivity contribution in [3.8, 4) is 51.5 Å². The van der Waals surface area contributed by atoms with Crippen LogP contribution in [0.3, 0.4) is 0 Å². The summed E-state index contributed by atoms with van der Waals surface area (Å²) in [5.74, 6) is 1.85. The second kappa shape index (κ2) is 12.3. The van der Waals surface area contributed by atoms with Gasteiger partial charge in [0.15, 0.2) is 17.5 Å². The van der Waals surface area contributed by atoms with E-state index >= 15 is 0 Å². The molecule has 1 aromatic heterocycles. The zero-order chi connectivity index (χ0) is 30.8. The number of allylic oxidation sites excluding steroid dienone is 1. The van der Waals surface area contributed by atoms with Crippen LogP contribution < -0.4 is 4.74 Å². The Kier molecular flexibility index (Phi) is 8.57. The molecule has 3 aromatic carbocycles. The summed E-state index contributed by atoms with van der Waals surface area (Å²) >= 11 is 0. The van der Waals surface area contributed by atoms with E-state index in [-0.39, 0.29) is 40.6 Å². The Balaban J connectivity index is 1.72. The topological polar surface area (TPSA) is 129 Å². The van der Waals surface area contributed by atoms with Crippen molar-refractivity contribution in [2.75, 3.05) is 7.11 Å². The van der Waals surface area contributed by atoms with Crippen LogP contribution in [-0.2, 0) is 0 Å². The molecular formula is C35H39N3O5. The molecule has 0 aliphatic heterocycles. The van der Waals surface area contributed by atoms with E-state index in [9.17, 15) is 20.4 Å². The van der Waals surface area contributed by atoms with Gasteiger partial charge in [-0.3, -0.25) is 0 Å². The fourth-order valence-electron chi connectivity index (χ4n) is 5.81. The molecule has 0 bridgehead atoms. The second-order valence-electron chi connectivity index (χ2n) is 11.3. The minimum atomic E-state index is -0.142. The molecule has 5 rings (SSSR count). The van der Waals surface area contributed by atoms with Gasteiger partial charge in [0.25, 0.3) is 0 Å². The number of aromatic nitrogens is 3. The summed E-state index contributed by atoms with van der Waals surface area (Å²) in [7, 11) is 1.64. The maximum atomic E-state index is 11.0. The van der Waals surface area contributed by atoms with Crippen LogP contribution in [0.25, 0.3) is 28.3 Å². The Morgan fingerprint density at radius 3 is 1.88 bits per heavy atom. The number of unbranched alkanes of at least 4 members (excludes halogenated alkanes) is 1. The minimum absolute atomic E-state index is 0.0431. The number of methoxy groups -OCH3 is 1. The number of phenolic OH excluding ortho intramolecular Hbond substituents is 4. The van der Waals surface area contributed by atoms with E-state index in [1.807, 2.05) is 12.1 Å². The Hall–Kier alpha value is -4.59. The number of nitrogens with zero attached hydrogens (tertiary/aromatic N) is 3. The molecule has 224 valence electrons. The number of rotatable bonds is 10. The fourth-order valence-corrected chi connectivity index (χ4v) is 5.81. The lowest BCUT2D eigenvalue weighted by atomic mass is 9.86. The first-order chi connectivity index (χ1) is 20.7. The zero-order valence-electron chi connectivity index (χ0n) is 25.3. The van der Waals surface area contributed by atoms with Crippen LogP contribution in [0, 0.1) is 19.8 Å². The lowest BCUT2D eigenvalue weighted by Crippen LogP contribution is -2.05. The van der Waals surface area contributed by atoms with E-state index in [0.29, 0.717) is 34.0 Å². The van der Waals surface area contributed by atoms with Crippen LogP contribution in [0.1, 0.15) is 79.9 Å². The fraction of sp³-hybridized carbons (Fsp3) is 0.343. The molecule has 4 aromatic rings.